The van der Waals surface area contributed by atoms with Crippen LogP contribution in [-0.4, -0.2) is 24.5 Å². The quantitative estimate of drug-likeness (QED) is 0.658. The molecule has 0 radical (unpaired) electrons. The standard InChI is InChI=1S/C18H18BrF2NO2S/c19-15-3-8-18(21)14(11-15)12-22(17-6-7-17)25(23,24)10-9-13-1-4-16(20)5-2-13/h1-5,8,11,17H,6-7,9-10,12H2. The zero-order valence-electron chi connectivity index (χ0n) is 13.5. The smallest absolute Gasteiger partial charge is 0.212 e. The SMILES string of the molecule is O=S(=O)(CCc1ccc(F)cc1)N(Cc1cc(Br)ccc1F)C1CC1. The minimum absolute atomic E-state index is 0.0295. The predicted octanol–water partition coefficient (Wildman–Crippen LogP) is 4.26. The first-order valence-corrected chi connectivity index (χ1v) is 10.4. The number of hydrogen-bond donors (Lipinski definition) is 0. The average molecular weight is 430 g/mol. The van der Waals surface area contributed by atoms with Gasteiger partial charge in [0.25, 0.3) is 0 Å². The Hall–Kier alpha value is -1.31. The molecule has 0 saturated heterocycles. The summed E-state index contributed by atoms with van der Waals surface area (Å²) < 4.78 is 54.6. The van der Waals surface area contributed by atoms with E-state index in [2.05, 4.69) is 15.9 Å². The minimum atomic E-state index is -3.54. The highest BCUT2D eigenvalue weighted by Crippen LogP contribution is 2.32. The zero-order valence-corrected chi connectivity index (χ0v) is 15.9. The van der Waals surface area contributed by atoms with E-state index in [1.54, 1.807) is 24.3 Å². The Morgan fingerprint density at radius 2 is 1.76 bits per heavy atom. The van der Waals surface area contributed by atoms with Gasteiger partial charge in [0, 0.05) is 22.6 Å². The van der Waals surface area contributed by atoms with Crippen LogP contribution in [0, 0.1) is 11.6 Å². The van der Waals surface area contributed by atoms with Crippen molar-refractivity contribution < 1.29 is 17.2 Å². The summed E-state index contributed by atoms with van der Waals surface area (Å²) in [5.41, 5.74) is 1.11. The second-order valence-electron chi connectivity index (χ2n) is 6.20. The summed E-state index contributed by atoms with van der Waals surface area (Å²) in [5, 5.41) is 0. The molecule has 1 fully saturated rings. The third-order valence-electron chi connectivity index (χ3n) is 4.21. The minimum Gasteiger partial charge on any atom is -0.212 e. The van der Waals surface area contributed by atoms with Gasteiger partial charge in [-0.3, -0.25) is 0 Å². The van der Waals surface area contributed by atoms with Gasteiger partial charge in [-0.05, 0) is 55.2 Å². The molecule has 0 spiro atoms. The molecule has 0 unspecified atom stereocenters. The Balaban J connectivity index is 1.74. The van der Waals surface area contributed by atoms with Crippen molar-refractivity contribution in [3.63, 3.8) is 0 Å². The van der Waals surface area contributed by atoms with Gasteiger partial charge >= 0.3 is 0 Å². The molecule has 7 heteroatoms. The first kappa shape index (κ1) is 18.5. The van der Waals surface area contributed by atoms with Gasteiger partial charge < -0.3 is 0 Å². The van der Waals surface area contributed by atoms with Crippen LogP contribution >= 0.6 is 15.9 Å². The fourth-order valence-corrected chi connectivity index (χ4v) is 4.80. The van der Waals surface area contributed by atoms with Crippen molar-refractivity contribution in [2.75, 3.05) is 5.75 Å². The number of benzene rings is 2. The molecule has 3 rings (SSSR count). The number of hydrogen-bond acceptors (Lipinski definition) is 2. The van der Waals surface area contributed by atoms with Gasteiger partial charge in [-0.15, -0.1) is 0 Å². The van der Waals surface area contributed by atoms with Crippen LogP contribution in [0.3, 0.4) is 0 Å². The molecule has 1 aliphatic carbocycles. The summed E-state index contributed by atoms with van der Waals surface area (Å²) in [4.78, 5) is 0. The number of rotatable bonds is 7. The van der Waals surface area contributed by atoms with E-state index in [4.69, 9.17) is 0 Å². The maximum absolute atomic E-state index is 14.0. The van der Waals surface area contributed by atoms with Crippen LogP contribution in [0.5, 0.6) is 0 Å². The number of aryl methyl sites for hydroxylation is 1. The summed E-state index contributed by atoms with van der Waals surface area (Å²) >= 11 is 3.29. The molecule has 1 saturated carbocycles. The fourth-order valence-electron chi connectivity index (χ4n) is 2.66. The van der Waals surface area contributed by atoms with Crippen LogP contribution in [0.25, 0.3) is 0 Å². The highest BCUT2D eigenvalue weighted by Gasteiger charge is 2.37. The third kappa shape index (κ3) is 4.86. The summed E-state index contributed by atoms with van der Waals surface area (Å²) in [6.07, 6.45) is 1.89. The molecule has 0 aliphatic heterocycles. The Kier molecular flexibility index (Phi) is 5.55. The Bertz CT molecular complexity index is 852. The van der Waals surface area contributed by atoms with Crippen molar-refractivity contribution in [2.45, 2.75) is 31.8 Å². The van der Waals surface area contributed by atoms with E-state index in [0.29, 0.717) is 16.5 Å². The van der Waals surface area contributed by atoms with Crippen LogP contribution in [0.15, 0.2) is 46.9 Å². The molecule has 0 atom stereocenters. The van der Waals surface area contributed by atoms with E-state index < -0.39 is 15.8 Å². The van der Waals surface area contributed by atoms with Gasteiger partial charge in [0.2, 0.25) is 10.0 Å². The lowest BCUT2D eigenvalue weighted by Crippen LogP contribution is -2.35. The summed E-state index contributed by atoms with van der Waals surface area (Å²) in [6, 6.07) is 10.3. The van der Waals surface area contributed by atoms with Gasteiger partial charge in [0.1, 0.15) is 11.6 Å². The first-order chi connectivity index (χ1) is 11.8. The number of halogens is 3. The summed E-state index contributed by atoms with van der Waals surface area (Å²) in [7, 11) is -3.54. The topological polar surface area (TPSA) is 37.4 Å². The van der Waals surface area contributed by atoms with Crippen molar-refractivity contribution in [1.29, 1.82) is 0 Å². The van der Waals surface area contributed by atoms with E-state index in [9.17, 15) is 17.2 Å². The number of sulfonamides is 1. The highest BCUT2D eigenvalue weighted by molar-refractivity contribution is 9.10. The molecule has 134 valence electrons. The van der Waals surface area contributed by atoms with Crippen molar-refractivity contribution in [3.8, 4) is 0 Å². The van der Waals surface area contributed by atoms with Crippen LogP contribution < -0.4 is 0 Å². The normalized spacial score (nSPS) is 14.9. The van der Waals surface area contributed by atoms with E-state index >= 15 is 0 Å². The first-order valence-electron chi connectivity index (χ1n) is 8.03. The molecule has 1 aliphatic rings. The third-order valence-corrected chi connectivity index (χ3v) is 6.56. The van der Waals surface area contributed by atoms with Crippen LogP contribution in [0.2, 0.25) is 0 Å². The summed E-state index contributed by atoms with van der Waals surface area (Å²) in [6.45, 7) is 0.0295. The Morgan fingerprint density at radius 3 is 2.40 bits per heavy atom. The Labute approximate surface area is 154 Å². The van der Waals surface area contributed by atoms with E-state index in [-0.39, 0.29) is 24.2 Å². The second-order valence-corrected chi connectivity index (χ2v) is 9.16. The van der Waals surface area contributed by atoms with Crippen molar-refractivity contribution in [1.82, 2.24) is 4.31 Å². The zero-order chi connectivity index (χ0) is 18.0. The molecule has 0 N–H and O–H groups in total. The lowest BCUT2D eigenvalue weighted by Gasteiger charge is -2.22. The molecule has 0 heterocycles. The van der Waals surface area contributed by atoms with Gasteiger partial charge in [-0.25, -0.2) is 17.2 Å². The molecule has 0 bridgehead atoms. The fraction of sp³-hybridized carbons (Fsp3) is 0.333. The van der Waals surface area contributed by atoms with Crippen molar-refractivity contribution in [3.05, 3.63) is 69.7 Å². The summed E-state index contributed by atoms with van der Waals surface area (Å²) in [5.74, 6) is -0.843. The van der Waals surface area contributed by atoms with E-state index in [1.807, 2.05) is 0 Å². The lowest BCUT2D eigenvalue weighted by molar-refractivity contribution is 0.391. The average Bonchev–Trinajstić information content (AvgIpc) is 3.39. The van der Waals surface area contributed by atoms with Gasteiger partial charge in [0.05, 0.1) is 5.75 Å². The monoisotopic (exact) mass is 429 g/mol. The second kappa shape index (κ2) is 7.51. The lowest BCUT2D eigenvalue weighted by atomic mass is 10.2. The maximum atomic E-state index is 14.0. The maximum Gasteiger partial charge on any atom is 0.214 e. The van der Waals surface area contributed by atoms with E-state index in [0.717, 1.165) is 18.4 Å². The largest absolute Gasteiger partial charge is 0.214 e. The molecule has 3 nitrogen and oxygen atoms in total. The van der Waals surface area contributed by atoms with Gasteiger partial charge in [0.15, 0.2) is 0 Å². The van der Waals surface area contributed by atoms with Crippen molar-refractivity contribution in [2.24, 2.45) is 0 Å². The highest BCUT2D eigenvalue weighted by atomic mass is 79.9. The van der Waals surface area contributed by atoms with Gasteiger partial charge in [-0.2, -0.15) is 4.31 Å². The van der Waals surface area contributed by atoms with E-state index in [1.165, 1.54) is 22.5 Å². The van der Waals surface area contributed by atoms with Crippen molar-refractivity contribution >= 4 is 26.0 Å². The molecular formula is C18H18BrF2NO2S. The molecule has 0 aromatic heterocycles. The molecule has 25 heavy (non-hydrogen) atoms. The molecule has 2 aromatic rings. The van der Waals surface area contributed by atoms with Crippen LogP contribution in [-0.2, 0) is 23.0 Å². The predicted molar refractivity (Wildman–Crippen MR) is 96.6 cm³/mol. The molecule has 2 aromatic carbocycles. The van der Waals surface area contributed by atoms with Crippen LogP contribution in [0.1, 0.15) is 24.0 Å². The van der Waals surface area contributed by atoms with Crippen LogP contribution in [0.4, 0.5) is 8.78 Å². The number of nitrogens with zero attached hydrogens (tertiary/aromatic N) is 1. The Morgan fingerprint density at radius 1 is 1.08 bits per heavy atom. The van der Waals surface area contributed by atoms with Gasteiger partial charge in [-0.1, -0.05) is 28.1 Å². The molecule has 0 amide bonds. The molecular weight excluding hydrogens is 412 g/mol.